The summed E-state index contributed by atoms with van der Waals surface area (Å²) in [4.78, 5) is 26.9. The molecule has 318 valence electrons. The SMILES string of the molecule is C=CCO[C@H]1O[C@H](COCOCc2ccccc2)[C@@H](OP(=O)(Oc2ccccc2)Oc2ccccc2)[C@H](OC(=O)OC(C)(C)C(Cl)(Cl)Cl)[C@H]1NC(=O)OCC(Cl)(Cl)Cl. The van der Waals surface area contributed by atoms with Crippen molar-refractivity contribution in [2.45, 2.75) is 64.3 Å². The van der Waals surface area contributed by atoms with Gasteiger partial charge >= 0.3 is 20.1 Å². The van der Waals surface area contributed by atoms with Crippen molar-refractivity contribution >= 4 is 89.7 Å². The maximum Gasteiger partial charge on any atom is 0.588 e. The van der Waals surface area contributed by atoms with Crippen molar-refractivity contribution in [1.29, 1.82) is 0 Å². The Kier molecular flexibility index (Phi) is 18.4. The Labute approximate surface area is 365 Å². The van der Waals surface area contributed by atoms with Gasteiger partial charge in [-0.05, 0) is 43.7 Å². The van der Waals surface area contributed by atoms with Crippen LogP contribution < -0.4 is 14.4 Å². The molecule has 21 heteroatoms. The van der Waals surface area contributed by atoms with Crippen LogP contribution >= 0.6 is 77.4 Å². The van der Waals surface area contributed by atoms with Crippen LogP contribution in [0.1, 0.15) is 19.4 Å². The van der Waals surface area contributed by atoms with Gasteiger partial charge in [0.1, 0.15) is 43.1 Å². The largest absolute Gasteiger partial charge is 0.588 e. The number of hydrogen-bond donors (Lipinski definition) is 1. The molecular formula is C37H40Cl6NO13P. The van der Waals surface area contributed by atoms with Crippen molar-refractivity contribution in [3.8, 4) is 11.5 Å². The Hall–Kier alpha value is -2.69. The normalized spacial score (nSPS) is 20.0. The van der Waals surface area contributed by atoms with Crippen LogP contribution in [-0.4, -0.2) is 82.7 Å². The number of alkyl carbamates (subject to hydrolysis) is 1. The fourth-order valence-electron chi connectivity index (χ4n) is 4.88. The number of rotatable bonds is 19. The van der Waals surface area contributed by atoms with E-state index in [0.717, 1.165) is 5.56 Å². The Balaban J connectivity index is 1.78. The van der Waals surface area contributed by atoms with E-state index in [-0.39, 0.29) is 38.1 Å². The van der Waals surface area contributed by atoms with E-state index in [4.69, 9.17) is 116 Å². The first-order chi connectivity index (χ1) is 27.4. The smallest absolute Gasteiger partial charge is 0.445 e. The van der Waals surface area contributed by atoms with Crippen LogP contribution in [-0.2, 0) is 48.9 Å². The molecule has 1 saturated heterocycles. The molecule has 3 aromatic rings. The topological polar surface area (TPSA) is 156 Å². The number of para-hydroxylation sites is 2. The van der Waals surface area contributed by atoms with Gasteiger partial charge in [0.05, 0.1) is 19.8 Å². The molecule has 0 aliphatic carbocycles. The van der Waals surface area contributed by atoms with Crippen LogP contribution in [0.4, 0.5) is 9.59 Å². The zero-order chi connectivity index (χ0) is 42.4. The first-order valence-corrected chi connectivity index (χ1v) is 20.9. The summed E-state index contributed by atoms with van der Waals surface area (Å²) in [6.07, 6.45) is -7.61. The number of carbonyl (C=O) groups is 2. The molecule has 1 N–H and O–H groups in total. The van der Waals surface area contributed by atoms with E-state index in [1.165, 1.54) is 44.2 Å². The number of nitrogens with one attached hydrogen (secondary N) is 1. The number of hydrogen-bond acceptors (Lipinski definition) is 13. The lowest BCUT2D eigenvalue weighted by atomic mass is 9.96. The Morgan fingerprint density at radius 1 is 0.845 bits per heavy atom. The van der Waals surface area contributed by atoms with Gasteiger partial charge in [-0.25, -0.2) is 14.2 Å². The van der Waals surface area contributed by atoms with Gasteiger partial charge in [0, 0.05) is 0 Å². The molecule has 14 nitrogen and oxygen atoms in total. The van der Waals surface area contributed by atoms with Gasteiger partial charge in [-0.15, -0.1) is 6.58 Å². The summed E-state index contributed by atoms with van der Waals surface area (Å²) < 4.78 is 68.8. The first kappa shape index (κ1) is 48.0. The maximum atomic E-state index is 14.9. The highest BCUT2D eigenvalue weighted by Crippen LogP contribution is 2.52. The second-order valence-electron chi connectivity index (χ2n) is 12.6. The van der Waals surface area contributed by atoms with Crippen LogP contribution in [0, 0.1) is 0 Å². The second-order valence-corrected chi connectivity index (χ2v) is 18.9. The van der Waals surface area contributed by atoms with Crippen LogP contribution in [0.25, 0.3) is 0 Å². The molecule has 0 aromatic heterocycles. The standard InChI is InChI=1S/C37H40Cl6NO13P/c1-4-20-50-32-29(44-33(45)51-23-36(38,39)40)31(53-34(46)54-35(2,3)37(41,42)43)30(28(52-32)22-49-24-48-21-25-14-8-5-9-15-25)57-58(47,55-26-16-10-6-11-17-26)56-27-18-12-7-13-19-27/h4-19,28-32H,1,20-24H2,2-3H3,(H,44,45)/t28-,29-,30-,31-,32+/m1/s1. The second kappa shape index (κ2) is 22.2. The van der Waals surface area contributed by atoms with E-state index in [0.29, 0.717) is 0 Å². The zero-order valence-electron chi connectivity index (χ0n) is 30.9. The lowest BCUT2D eigenvalue weighted by molar-refractivity contribution is -0.271. The summed E-state index contributed by atoms with van der Waals surface area (Å²) in [6.45, 7) is 4.95. The van der Waals surface area contributed by atoms with Gasteiger partial charge in [0.2, 0.25) is 7.59 Å². The molecule has 0 unspecified atom stereocenters. The molecule has 1 heterocycles. The van der Waals surface area contributed by atoms with Crippen molar-refractivity contribution < 1.29 is 60.9 Å². The Morgan fingerprint density at radius 3 is 1.95 bits per heavy atom. The van der Waals surface area contributed by atoms with Crippen LogP contribution in [0.15, 0.2) is 104 Å². The molecule has 1 aliphatic heterocycles. The Bertz CT molecular complexity index is 1740. The number of ether oxygens (including phenoxy) is 7. The molecule has 1 amide bonds. The summed E-state index contributed by atoms with van der Waals surface area (Å²) in [5, 5.41) is 2.48. The third kappa shape index (κ3) is 15.7. The van der Waals surface area contributed by atoms with E-state index in [2.05, 4.69) is 11.9 Å². The maximum absolute atomic E-state index is 14.9. The lowest BCUT2D eigenvalue weighted by Crippen LogP contribution is -2.66. The number of alkyl halides is 6. The molecule has 0 bridgehead atoms. The quantitative estimate of drug-likeness (QED) is 0.0303. The van der Waals surface area contributed by atoms with E-state index in [1.54, 1.807) is 36.4 Å². The third-order valence-electron chi connectivity index (χ3n) is 7.66. The van der Waals surface area contributed by atoms with Crippen molar-refractivity contribution in [2.24, 2.45) is 0 Å². The predicted molar refractivity (Wildman–Crippen MR) is 218 cm³/mol. The van der Waals surface area contributed by atoms with Crippen molar-refractivity contribution in [1.82, 2.24) is 5.32 Å². The molecule has 58 heavy (non-hydrogen) atoms. The fraction of sp³-hybridized carbons (Fsp3) is 0.405. The number of phosphoric acid groups is 1. The predicted octanol–water partition coefficient (Wildman–Crippen LogP) is 9.89. The van der Waals surface area contributed by atoms with Crippen LogP contribution in [0.3, 0.4) is 0 Å². The minimum Gasteiger partial charge on any atom is -0.445 e. The van der Waals surface area contributed by atoms with Crippen LogP contribution in [0.5, 0.6) is 11.5 Å². The molecule has 3 aromatic carbocycles. The number of benzene rings is 3. The van der Waals surface area contributed by atoms with Crippen molar-refractivity contribution in [3.05, 3.63) is 109 Å². The third-order valence-corrected chi connectivity index (χ3v) is 10.7. The molecule has 1 aliphatic rings. The molecular weight excluding hydrogens is 910 g/mol. The van der Waals surface area contributed by atoms with E-state index < -0.39 is 70.5 Å². The number of phosphoric ester groups is 1. The highest BCUT2D eigenvalue weighted by Gasteiger charge is 2.55. The monoisotopic (exact) mass is 947 g/mol. The fourth-order valence-corrected chi connectivity index (χ4v) is 6.59. The van der Waals surface area contributed by atoms with E-state index in [9.17, 15) is 14.2 Å². The van der Waals surface area contributed by atoms with Crippen molar-refractivity contribution in [3.63, 3.8) is 0 Å². The molecule has 1 fully saturated rings. The number of halogens is 6. The summed E-state index contributed by atoms with van der Waals surface area (Å²) in [7, 11) is -4.85. The summed E-state index contributed by atoms with van der Waals surface area (Å²) in [5.74, 6) is 0.137. The van der Waals surface area contributed by atoms with Gasteiger partial charge < -0.3 is 47.5 Å². The van der Waals surface area contributed by atoms with Gasteiger partial charge in [-0.1, -0.05) is 142 Å². The highest BCUT2D eigenvalue weighted by molar-refractivity contribution is 7.49. The average Bonchev–Trinajstić information content (AvgIpc) is 3.15. The minimum absolute atomic E-state index is 0.0686. The summed E-state index contributed by atoms with van der Waals surface area (Å²) in [6, 6.07) is 23.6. The summed E-state index contributed by atoms with van der Waals surface area (Å²) >= 11 is 35.7. The minimum atomic E-state index is -4.85. The number of carbonyl (C=O) groups excluding carboxylic acids is 2. The number of amides is 1. The Morgan fingerprint density at radius 2 is 1.41 bits per heavy atom. The highest BCUT2D eigenvalue weighted by atomic mass is 35.6. The van der Waals surface area contributed by atoms with Gasteiger partial charge in [0.25, 0.3) is 0 Å². The first-order valence-electron chi connectivity index (χ1n) is 17.2. The molecule has 5 atom stereocenters. The van der Waals surface area contributed by atoms with E-state index in [1.807, 2.05) is 30.3 Å². The zero-order valence-corrected chi connectivity index (χ0v) is 36.3. The molecule has 4 rings (SSSR count). The molecule has 0 spiro atoms. The van der Waals surface area contributed by atoms with Gasteiger partial charge in [0.15, 0.2) is 18.0 Å². The van der Waals surface area contributed by atoms with Crippen molar-refractivity contribution in [2.75, 3.05) is 26.6 Å². The average molecular weight is 950 g/mol. The lowest BCUT2D eigenvalue weighted by Gasteiger charge is -2.45. The van der Waals surface area contributed by atoms with Crippen LogP contribution in [0.2, 0.25) is 0 Å². The summed E-state index contributed by atoms with van der Waals surface area (Å²) in [5.41, 5.74) is -0.918. The van der Waals surface area contributed by atoms with E-state index >= 15 is 0 Å². The molecule has 0 radical (unpaired) electrons. The van der Waals surface area contributed by atoms with Gasteiger partial charge in [-0.3, -0.25) is 4.52 Å². The molecule has 0 saturated carbocycles. The van der Waals surface area contributed by atoms with Gasteiger partial charge in [-0.2, -0.15) is 0 Å².